The topological polar surface area (TPSA) is 60.2 Å². The van der Waals surface area contributed by atoms with Crippen molar-refractivity contribution in [1.82, 2.24) is 0 Å². The molecule has 16 heavy (non-hydrogen) atoms. The van der Waals surface area contributed by atoms with Gasteiger partial charge < -0.3 is 5.73 Å². The minimum Gasteiger partial charge on any atom is -0.330 e. The minimum absolute atomic E-state index is 0.100. The van der Waals surface area contributed by atoms with Gasteiger partial charge in [-0.05, 0) is 51.5 Å². The van der Waals surface area contributed by atoms with Crippen molar-refractivity contribution in [3.63, 3.8) is 0 Å². The number of nitrogens with two attached hydrogens (primary N) is 1. The van der Waals surface area contributed by atoms with Gasteiger partial charge >= 0.3 is 0 Å². The number of hydrogen-bond acceptors (Lipinski definition) is 3. The van der Waals surface area contributed by atoms with Gasteiger partial charge in [0.05, 0.1) is 10.5 Å². The standard InChI is InChI=1S/C12H25NO2S/c1-3-11-4-6-12(7-5-11)16(14,15)10(2)8-9-13/h10-12H,3-9,13H2,1-2H3. The molecular formula is C12H25NO2S. The second-order valence-corrected chi connectivity index (χ2v) is 7.68. The lowest BCUT2D eigenvalue weighted by Gasteiger charge is -2.29. The lowest BCUT2D eigenvalue weighted by atomic mass is 9.87. The van der Waals surface area contributed by atoms with Gasteiger partial charge in [0, 0.05) is 0 Å². The number of rotatable bonds is 5. The molecule has 0 saturated heterocycles. The Bertz CT molecular complexity index is 292. The fourth-order valence-corrected chi connectivity index (χ4v) is 4.65. The molecule has 0 aromatic carbocycles. The highest BCUT2D eigenvalue weighted by molar-refractivity contribution is 7.92. The first kappa shape index (κ1) is 14.0. The molecule has 4 heteroatoms. The van der Waals surface area contributed by atoms with Crippen molar-refractivity contribution >= 4 is 9.84 Å². The van der Waals surface area contributed by atoms with Gasteiger partial charge in [-0.1, -0.05) is 13.3 Å². The molecule has 1 aliphatic rings. The predicted octanol–water partition coefficient (Wildman–Crippen LogP) is 2.11. The fraction of sp³-hybridized carbons (Fsp3) is 1.00. The van der Waals surface area contributed by atoms with Crippen molar-refractivity contribution < 1.29 is 8.42 Å². The molecule has 1 atom stereocenters. The van der Waals surface area contributed by atoms with Crippen LogP contribution < -0.4 is 5.73 Å². The van der Waals surface area contributed by atoms with Crippen LogP contribution in [-0.2, 0) is 9.84 Å². The van der Waals surface area contributed by atoms with Crippen molar-refractivity contribution in [3.8, 4) is 0 Å². The summed E-state index contributed by atoms with van der Waals surface area (Å²) in [7, 11) is -2.94. The number of sulfone groups is 1. The minimum atomic E-state index is -2.94. The summed E-state index contributed by atoms with van der Waals surface area (Å²) in [6, 6.07) is 0. The van der Waals surface area contributed by atoms with Crippen molar-refractivity contribution in [2.75, 3.05) is 6.54 Å². The molecule has 3 nitrogen and oxygen atoms in total. The maximum Gasteiger partial charge on any atom is 0.155 e. The van der Waals surface area contributed by atoms with Crippen molar-refractivity contribution in [2.24, 2.45) is 11.7 Å². The second-order valence-electron chi connectivity index (χ2n) is 5.03. The number of hydrogen-bond donors (Lipinski definition) is 1. The molecule has 0 radical (unpaired) electrons. The van der Waals surface area contributed by atoms with E-state index in [1.165, 1.54) is 6.42 Å². The Hall–Kier alpha value is -0.0900. The summed E-state index contributed by atoms with van der Waals surface area (Å²) < 4.78 is 24.4. The van der Waals surface area contributed by atoms with Gasteiger partial charge in [0.2, 0.25) is 0 Å². The molecule has 1 unspecified atom stereocenters. The largest absolute Gasteiger partial charge is 0.330 e. The molecule has 1 rings (SSSR count). The van der Waals surface area contributed by atoms with E-state index < -0.39 is 9.84 Å². The maximum atomic E-state index is 12.2. The van der Waals surface area contributed by atoms with Crippen molar-refractivity contribution in [2.45, 2.75) is 62.9 Å². The highest BCUT2D eigenvalue weighted by atomic mass is 32.2. The average Bonchev–Trinajstić information content (AvgIpc) is 2.29. The predicted molar refractivity (Wildman–Crippen MR) is 68.1 cm³/mol. The van der Waals surface area contributed by atoms with Crippen molar-refractivity contribution in [1.29, 1.82) is 0 Å². The quantitative estimate of drug-likeness (QED) is 0.809. The summed E-state index contributed by atoms with van der Waals surface area (Å²) in [6.45, 7) is 4.45. The Labute approximate surface area is 99.7 Å². The van der Waals surface area contributed by atoms with E-state index in [2.05, 4.69) is 6.92 Å². The Morgan fingerprint density at radius 3 is 2.25 bits per heavy atom. The molecule has 1 saturated carbocycles. The SMILES string of the molecule is CCC1CCC(S(=O)(=O)C(C)CCN)CC1. The van der Waals surface area contributed by atoms with Crippen LogP contribution in [0.5, 0.6) is 0 Å². The molecule has 0 aromatic rings. The Morgan fingerprint density at radius 2 is 1.81 bits per heavy atom. The first-order chi connectivity index (χ1) is 7.52. The molecule has 1 fully saturated rings. The smallest absolute Gasteiger partial charge is 0.155 e. The normalized spacial score (nSPS) is 28.9. The molecular weight excluding hydrogens is 222 g/mol. The maximum absolute atomic E-state index is 12.2. The van der Waals surface area contributed by atoms with Gasteiger partial charge in [-0.3, -0.25) is 0 Å². The third-order valence-electron chi connectivity index (χ3n) is 3.97. The Kier molecular flexibility index (Phi) is 5.25. The van der Waals surface area contributed by atoms with Crippen LogP contribution >= 0.6 is 0 Å². The van der Waals surface area contributed by atoms with E-state index >= 15 is 0 Å². The van der Waals surface area contributed by atoms with Crippen LogP contribution in [-0.4, -0.2) is 25.5 Å². The first-order valence-corrected chi connectivity index (χ1v) is 8.06. The lowest BCUT2D eigenvalue weighted by molar-refractivity contribution is 0.347. The van der Waals surface area contributed by atoms with E-state index in [1.807, 2.05) is 0 Å². The molecule has 1 aliphatic carbocycles. The van der Waals surface area contributed by atoms with Crippen molar-refractivity contribution in [3.05, 3.63) is 0 Å². The van der Waals surface area contributed by atoms with Gasteiger partial charge in [-0.2, -0.15) is 0 Å². The second kappa shape index (κ2) is 6.01. The van der Waals surface area contributed by atoms with Crippen LogP contribution in [0.15, 0.2) is 0 Å². The molecule has 96 valence electrons. The third kappa shape index (κ3) is 3.20. The summed E-state index contributed by atoms with van der Waals surface area (Å²) in [5, 5.41) is -0.363. The highest BCUT2D eigenvalue weighted by Crippen LogP contribution is 2.32. The van der Waals surface area contributed by atoms with E-state index in [1.54, 1.807) is 6.92 Å². The van der Waals surface area contributed by atoms with Gasteiger partial charge in [0.25, 0.3) is 0 Å². The Balaban J connectivity index is 2.58. The van der Waals surface area contributed by atoms with Crippen LogP contribution in [0.4, 0.5) is 0 Å². The molecule has 2 N–H and O–H groups in total. The Morgan fingerprint density at radius 1 is 1.25 bits per heavy atom. The summed E-state index contributed by atoms with van der Waals surface area (Å²) in [5.74, 6) is 0.747. The molecule has 0 bridgehead atoms. The van der Waals surface area contributed by atoms with Gasteiger partial charge in [-0.15, -0.1) is 0 Å². The van der Waals surface area contributed by atoms with Gasteiger partial charge in [-0.25, -0.2) is 8.42 Å². The van der Waals surface area contributed by atoms with Crippen LogP contribution in [0.1, 0.15) is 52.4 Å². The van der Waals surface area contributed by atoms with Crippen LogP contribution in [0.25, 0.3) is 0 Å². The van der Waals surface area contributed by atoms with Gasteiger partial charge in [0.15, 0.2) is 9.84 Å². The molecule has 0 aromatic heterocycles. The van der Waals surface area contributed by atoms with E-state index in [9.17, 15) is 8.42 Å². The molecule has 0 aliphatic heterocycles. The summed E-state index contributed by atoms with van der Waals surface area (Å²) >= 11 is 0. The van der Waals surface area contributed by atoms with E-state index in [4.69, 9.17) is 5.73 Å². The summed E-state index contributed by atoms with van der Waals surface area (Å²) in [5.41, 5.74) is 5.43. The monoisotopic (exact) mass is 247 g/mol. The molecule has 0 spiro atoms. The van der Waals surface area contributed by atoms with E-state index in [0.717, 1.165) is 31.6 Å². The van der Waals surface area contributed by atoms with Crippen LogP contribution in [0, 0.1) is 5.92 Å². The molecule has 0 heterocycles. The average molecular weight is 247 g/mol. The zero-order valence-corrected chi connectivity index (χ0v) is 11.3. The van der Waals surface area contributed by atoms with E-state index in [0.29, 0.717) is 13.0 Å². The summed E-state index contributed by atoms with van der Waals surface area (Å²) in [6.07, 6.45) is 5.65. The third-order valence-corrected chi connectivity index (χ3v) is 6.73. The van der Waals surface area contributed by atoms with Gasteiger partial charge in [0.1, 0.15) is 0 Å². The highest BCUT2D eigenvalue weighted by Gasteiger charge is 2.33. The summed E-state index contributed by atoms with van der Waals surface area (Å²) in [4.78, 5) is 0. The zero-order chi connectivity index (χ0) is 12.2. The zero-order valence-electron chi connectivity index (χ0n) is 10.5. The van der Waals surface area contributed by atoms with Crippen LogP contribution in [0.3, 0.4) is 0 Å². The molecule has 0 amide bonds. The lowest BCUT2D eigenvalue weighted by Crippen LogP contribution is -2.34. The van der Waals surface area contributed by atoms with E-state index in [-0.39, 0.29) is 10.5 Å². The fourth-order valence-electron chi connectivity index (χ4n) is 2.60. The van der Waals surface area contributed by atoms with Crippen LogP contribution in [0.2, 0.25) is 0 Å². The first-order valence-electron chi connectivity index (χ1n) is 6.45.